The molecule has 0 bridgehead atoms. The molecule has 0 radical (unpaired) electrons. The second kappa shape index (κ2) is 8.38. The van der Waals surface area contributed by atoms with Gasteiger partial charge in [0, 0.05) is 12.0 Å². The molecular formula is C27H27NO3. The van der Waals surface area contributed by atoms with E-state index in [-0.39, 0.29) is 12.6 Å². The van der Waals surface area contributed by atoms with E-state index in [2.05, 4.69) is 12.1 Å². The molecule has 1 aliphatic heterocycles. The molecular weight excluding hydrogens is 386 g/mol. The van der Waals surface area contributed by atoms with Gasteiger partial charge in [0.15, 0.2) is 5.54 Å². The predicted molar refractivity (Wildman–Crippen MR) is 123 cm³/mol. The average molecular weight is 414 g/mol. The third-order valence-electron chi connectivity index (χ3n) is 5.12. The van der Waals surface area contributed by atoms with E-state index >= 15 is 0 Å². The van der Waals surface area contributed by atoms with Gasteiger partial charge in [-0.3, -0.25) is 0 Å². The van der Waals surface area contributed by atoms with E-state index in [9.17, 15) is 4.79 Å². The Bertz CT molecular complexity index is 1080. The number of ether oxygens (including phenoxy) is 2. The summed E-state index contributed by atoms with van der Waals surface area (Å²) in [6.07, 6.45) is 0.416. The number of hydrogen-bond donors (Lipinski definition) is 0. The SMILES string of the molecule is CC(C)(C)OC(=O)[C@]1(Cc2ccccc2)COC(c2ccccc2-c2ccccc2)=N1. The second-order valence-electron chi connectivity index (χ2n) is 8.81. The van der Waals surface area contributed by atoms with E-state index in [0.717, 1.165) is 22.3 Å². The Morgan fingerprint density at radius 3 is 2.13 bits per heavy atom. The fraction of sp³-hybridized carbons (Fsp3) is 0.259. The number of hydrogen-bond acceptors (Lipinski definition) is 4. The standard InChI is InChI=1S/C27H27NO3/c1-26(2,3)31-25(29)27(18-20-12-6-4-7-13-20)19-30-24(28-27)23-17-11-10-16-22(23)21-14-8-5-9-15-21/h4-17H,18-19H2,1-3H3/t27-/m0/s1. The number of nitrogens with zero attached hydrogens (tertiary/aromatic N) is 1. The summed E-state index contributed by atoms with van der Waals surface area (Å²) in [4.78, 5) is 18.2. The summed E-state index contributed by atoms with van der Waals surface area (Å²) >= 11 is 0. The van der Waals surface area contributed by atoms with Crippen LogP contribution in [0.15, 0.2) is 89.9 Å². The van der Waals surface area contributed by atoms with Gasteiger partial charge < -0.3 is 9.47 Å². The molecule has 0 fully saturated rings. The first-order valence-corrected chi connectivity index (χ1v) is 10.5. The van der Waals surface area contributed by atoms with Crippen molar-refractivity contribution in [2.45, 2.75) is 38.3 Å². The largest absolute Gasteiger partial charge is 0.474 e. The Kier molecular flexibility index (Phi) is 5.64. The van der Waals surface area contributed by atoms with Crippen LogP contribution < -0.4 is 0 Å². The van der Waals surface area contributed by atoms with Gasteiger partial charge in [0.25, 0.3) is 0 Å². The van der Waals surface area contributed by atoms with E-state index in [0.29, 0.717) is 12.3 Å². The number of benzene rings is 3. The molecule has 31 heavy (non-hydrogen) atoms. The van der Waals surface area contributed by atoms with Crippen molar-refractivity contribution in [1.82, 2.24) is 0 Å². The van der Waals surface area contributed by atoms with E-state index in [4.69, 9.17) is 14.5 Å². The Morgan fingerprint density at radius 1 is 0.903 bits per heavy atom. The molecule has 158 valence electrons. The van der Waals surface area contributed by atoms with E-state index in [1.165, 1.54) is 0 Å². The molecule has 0 aromatic heterocycles. The molecule has 3 aromatic rings. The fourth-order valence-electron chi connectivity index (χ4n) is 3.70. The van der Waals surface area contributed by atoms with Gasteiger partial charge in [-0.25, -0.2) is 9.79 Å². The zero-order valence-corrected chi connectivity index (χ0v) is 18.2. The van der Waals surface area contributed by atoms with Gasteiger partial charge in [0.1, 0.15) is 12.2 Å². The Labute approximate surface area is 183 Å². The lowest BCUT2D eigenvalue weighted by Gasteiger charge is -2.28. The van der Waals surface area contributed by atoms with E-state index < -0.39 is 11.1 Å². The first-order chi connectivity index (χ1) is 14.9. The lowest BCUT2D eigenvalue weighted by atomic mass is 9.92. The number of carbonyl (C=O) groups is 1. The van der Waals surface area contributed by atoms with Crippen molar-refractivity contribution in [3.05, 3.63) is 96.1 Å². The Hall–Kier alpha value is -3.40. The average Bonchev–Trinajstić information content (AvgIpc) is 3.19. The minimum atomic E-state index is -1.12. The molecule has 0 aliphatic carbocycles. The lowest BCUT2D eigenvalue weighted by Crippen LogP contribution is -2.45. The minimum Gasteiger partial charge on any atom is -0.474 e. The van der Waals surface area contributed by atoms with Crippen LogP contribution in [0.25, 0.3) is 11.1 Å². The van der Waals surface area contributed by atoms with Gasteiger partial charge in [-0.1, -0.05) is 78.9 Å². The first kappa shape index (κ1) is 20.9. The number of rotatable bonds is 5. The van der Waals surface area contributed by atoms with Gasteiger partial charge >= 0.3 is 5.97 Å². The van der Waals surface area contributed by atoms with Crippen molar-refractivity contribution in [3.8, 4) is 11.1 Å². The van der Waals surface area contributed by atoms with E-state index in [1.807, 2.05) is 93.6 Å². The third-order valence-corrected chi connectivity index (χ3v) is 5.12. The highest BCUT2D eigenvalue weighted by Gasteiger charge is 2.47. The maximum Gasteiger partial charge on any atom is 0.338 e. The second-order valence-corrected chi connectivity index (χ2v) is 8.81. The molecule has 4 heteroatoms. The number of esters is 1. The van der Waals surface area contributed by atoms with Gasteiger partial charge in [0.2, 0.25) is 5.90 Å². The molecule has 4 rings (SSSR count). The number of carbonyl (C=O) groups excluding carboxylic acids is 1. The molecule has 0 spiro atoms. The minimum absolute atomic E-state index is 0.148. The van der Waals surface area contributed by atoms with Gasteiger partial charge in [-0.05, 0) is 43.5 Å². The monoisotopic (exact) mass is 413 g/mol. The first-order valence-electron chi connectivity index (χ1n) is 10.5. The van der Waals surface area contributed by atoms with Crippen LogP contribution in [0.2, 0.25) is 0 Å². The molecule has 0 saturated heterocycles. The van der Waals surface area contributed by atoms with Gasteiger partial charge in [-0.15, -0.1) is 0 Å². The van der Waals surface area contributed by atoms with Crippen molar-refractivity contribution >= 4 is 11.9 Å². The molecule has 1 aliphatic rings. The molecule has 0 amide bonds. The van der Waals surface area contributed by atoms with Crippen molar-refractivity contribution in [2.75, 3.05) is 6.61 Å². The Balaban J connectivity index is 1.76. The summed E-state index contributed by atoms with van der Waals surface area (Å²) in [5.41, 5.74) is 2.24. The predicted octanol–water partition coefficient (Wildman–Crippen LogP) is 5.45. The van der Waals surface area contributed by atoms with Gasteiger partial charge in [-0.2, -0.15) is 0 Å². The molecule has 1 heterocycles. The van der Waals surface area contributed by atoms with Crippen LogP contribution in [0.3, 0.4) is 0 Å². The van der Waals surface area contributed by atoms with Crippen molar-refractivity contribution in [3.63, 3.8) is 0 Å². The fourth-order valence-corrected chi connectivity index (χ4v) is 3.70. The highest BCUT2D eigenvalue weighted by molar-refractivity contribution is 6.04. The zero-order chi connectivity index (χ0) is 21.9. The van der Waals surface area contributed by atoms with E-state index in [1.54, 1.807) is 0 Å². The summed E-state index contributed by atoms with van der Waals surface area (Å²) in [7, 11) is 0. The maximum atomic E-state index is 13.3. The smallest absolute Gasteiger partial charge is 0.338 e. The van der Waals surface area contributed by atoms with Crippen LogP contribution in [0, 0.1) is 0 Å². The normalized spacial score (nSPS) is 18.2. The van der Waals surface area contributed by atoms with Crippen molar-refractivity contribution < 1.29 is 14.3 Å². The summed E-state index contributed by atoms with van der Waals surface area (Å²) < 4.78 is 11.8. The highest BCUT2D eigenvalue weighted by atomic mass is 16.6. The molecule has 3 aromatic carbocycles. The summed E-state index contributed by atoms with van der Waals surface area (Å²) in [6.45, 7) is 5.75. The summed E-state index contributed by atoms with van der Waals surface area (Å²) in [5.74, 6) is 0.109. The van der Waals surface area contributed by atoms with Gasteiger partial charge in [0.05, 0.1) is 0 Å². The van der Waals surface area contributed by atoms with Crippen LogP contribution in [0.4, 0.5) is 0 Å². The van der Waals surface area contributed by atoms with Crippen LogP contribution in [0.1, 0.15) is 31.9 Å². The molecule has 1 atom stereocenters. The topological polar surface area (TPSA) is 47.9 Å². The highest BCUT2D eigenvalue weighted by Crippen LogP contribution is 2.32. The quantitative estimate of drug-likeness (QED) is 0.522. The molecule has 0 saturated carbocycles. The maximum absolute atomic E-state index is 13.3. The summed E-state index contributed by atoms with van der Waals surface area (Å²) in [5, 5.41) is 0. The molecule has 0 N–H and O–H groups in total. The van der Waals surface area contributed by atoms with Crippen LogP contribution >= 0.6 is 0 Å². The van der Waals surface area contributed by atoms with Crippen molar-refractivity contribution in [1.29, 1.82) is 0 Å². The zero-order valence-electron chi connectivity index (χ0n) is 18.2. The van der Waals surface area contributed by atoms with Crippen LogP contribution in [0.5, 0.6) is 0 Å². The molecule has 0 unspecified atom stereocenters. The summed E-state index contributed by atoms with van der Waals surface area (Å²) in [6, 6.07) is 28.0. The number of aliphatic imine (C=N–C) groups is 1. The lowest BCUT2D eigenvalue weighted by molar-refractivity contribution is -0.162. The Morgan fingerprint density at radius 2 is 1.48 bits per heavy atom. The van der Waals surface area contributed by atoms with Crippen LogP contribution in [-0.2, 0) is 20.7 Å². The van der Waals surface area contributed by atoms with Crippen molar-refractivity contribution in [2.24, 2.45) is 4.99 Å². The van der Waals surface area contributed by atoms with Crippen LogP contribution in [-0.4, -0.2) is 29.6 Å². The molecule has 4 nitrogen and oxygen atoms in total. The third kappa shape index (κ3) is 4.69.